The van der Waals surface area contributed by atoms with Crippen LogP contribution in [0.4, 0.5) is 13.2 Å². The van der Waals surface area contributed by atoms with Crippen LogP contribution in [-0.4, -0.2) is 60.0 Å². The molecule has 32 heavy (non-hydrogen) atoms. The molecule has 168 valence electrons. The number of rotatable bonds is 5. The molecule has 0 N–H and O–H groups in total. The number of halogens is 3. The quantitative estimate of drug-likeness (QED) is 0.329. The third-order valence-electron chi connectivity index (χ3n) is 4.81. The summed E-state index contributed by atoms with van der Waals surface area (Å²) in [7, 11) is 4.49. The molecule has 0 saturated heterocycles. The topological polar surface area (TPSA) is 90.4 Å². The van der Waals surface area contributed by atoms with Crippen molar-refractivity contribution in [2.75, 3.05) is 19.9 Å². The molecule has 4 aromatic rings. The normalized spacial score (nSPS) is 12.1. The van der Waals surface area contributed by atoms with Crippen LogP contribution in [0.15, 0.2) is 29.6 Å². The standard InChI is InChI=1S/C19H18F3N7O2S/c1-5-32-17-13(15-23-7-6-12(29(15)26-17)18(30)28(3)31-4)16-25-11-8-10(19(20,21)22)9-24-14(11)27(16)2/h6-9H,5H2,1-4H3. The summed E-state index contributed by atoms with van der Waals surface area (Å²) in [4.78, 5) is 30.5. The van der Waals surface area contributed by atoms with Crippen LogP contribution in [0.2, 0.25) is 0 Å². The van der Waals surface area contributed by atoms with Crippen LogP contribution < -0.4 is 0 Å². The molecular formula is C19H18F3N7O2S. The van der Waals surface area contributed by atoms with Crippen LogP contribution in [-0.2, 0) is 18.1 Å². The van der Waals surface area contributed by atoms with E-state index >= 15 is 0 Å². The number of imidazole rings is 1. The van der Waals surface area contributed by atoms with E-state index in [1.54, 1.807) is 11.6 Å². The lowest BCUT2D eigenvalue weighted by Gasteiger charge is -2.13. The van der Waals surface area contributed by atoms with Crippen molar-refractivity contribution in [3.63, 3.8) is 0 Å². The van der Waals surface area contributed by atoms with Crippen molar-refractivity contribution in [1.29, 1.82) is 0 Å². The van der Waals surface area contributed by atoms with E-state index in [1.807, 2.05) is 6.92 Å². The molecule has 0 fully saturated rings. The number of carbonyl (C=O) groups is 1. The third kappa shape index (κ3) is 3.56. The Morgan fingerprint density at radius 2 is 2.03 bits per heavy atom. The number of pyridine rings is 1. The molecule has 1 amide bonds. The second-order valence-electron chi connectivity index (χ2n) is 6.72. The zero-order valence-electron chi connectivity index (χ0n) is 17.5. The molecule has 4 rings (SSSR count). The van der Waals surface area contributed by atoms with E-state index in [0.29, 0.717) is 27.8 Å². The molecule has 0 aliphatic rings. The first-order chi connectivity index (χ1) is 15.2. The number of hydrogen-bond donors (Lipinski definition) is 0. The number of thioether (sulfide) groups is 1. The largest absolute Gasteiger partial charge is 0.417 e. The zero-order chi connectivity index (χ0) is 23.2. The molecule has 4 aromatic heterocycles. The van der Waals surface area contributed by atoms with E-state index in [9.17, 15) is 18.0 Å². The first-order valence-corrected chi connectivity index (χ1v) is 10.4. The zero-order valence-corrected chi connectivity index (χ0v) is 18.3. The van der Waals surface area contributed by atoms with Gasteiger partial charge >= 0.3 is 6.18 Å². The average molecular weight is 465 g/mol. The van der Waals surface area contributed by atoms with Gasteiger partial charge in [-0.1, -0.05) is 6.92 Å². The number of amides is 1. The lowest BCUT2D eigenvalue weighted by atomic mass is 10.2. The molecule has 0 aliphatic carbocycles. The van der Waals surface area contributed by atoms with E-state index < -0.39 is 17.6 Å². The van der Waals surface area contributed by atoms with Gasteiger partial charge in [0.15, 0.2) is 11.3 Å². The first kappa shape index (κ1) is 22.0. The Labute approximate surface area is 184 Å². The Bertz CT molecular complexity index is 1330. The van der Waals surface area contributed by atoms with Crippen LogP contribution in [0.1, 0.15) is 23.0 Å². The molecule has 4 heterocycles. The summed E-state index contributed by atoms with van der Waals surface area (Å²) in [6.07, 6.45) is -2.29. The van der Waals surface area contributed by atoms with E-state index in [4.69, 9.17) is 4.84 Å². The fraction of sp³-hybridized carbons (Fsp3) is 0.316. The number of alkyl halides is 3. The smallest absolute Gasteiger partial charge is 0.312 e. The van der Waals surface area contributed by atoms with Crippen LogP contribution in [0.3, 0.4) is 0 Å². The minimum atomic E-state index is -4.53. The van der Waals surface area contributed by atoms with Crippen molar-refractivity contribution in [3.05, 3.63) is 35.8 Å². The highest BCUT2D eigenvalue weighted by molar-refractivity contribution is 7.99. The summed E-state index contributed by atoms with van der Waals surface area (Å²) < 4.78 is 42.4. The molecule has 0 unspecified atom stereocenters. The predicted molar refractivity (Wildman–Crippen MR) is 111 cm³/mol. The molecule has 0 aliphatic heterocycles. The van der Waals surface area contributed by atoms with Crippen LogP contribution >= 0.6 is 11.8 Å². The minimum Gasteiger partial charge on any atom is -0.312 e. The van der Waals surface area contributed by atoms with Gasteiger partial charge in [-0.2, -0.15) is 18.3 Å². The number of hydroxylamine groups is 2. The summed E-state index contributed by atoms with van der Waals surface area (Å²) in [6, 6.07) is 2.47. The lowest BCUT2D eigenvalue weighted by molar-refractivity contribution is -0.137. The van der Waals surface area contributed by atoms with Gasteiger partial charge in [-0.25, -0.2) is 24.5 Å². The number of nitrogens with zero attached hydrogens (tertiary/aromatic N) is 7. The van der Waals surface area contributed by atoms with Gasteiger partial charge in [0.05, 0.1) is 18.2 Å². The maximum atomic E-state index is 13.1. The van der Waals surface area contributed by atoms with Gasteiger partial charge < -0.3 is 4.57 Å². The maximum Gasteiger partial charge on any atom is 0.417 e. The third-order valence-corrected chi connectivity index (χ3v) is 5.65. The number of fused-ring (bicyclic) bond motifs is 2. The van der Waals surface area contributed by atoms with E-state index in [1.165, 1.54) is 42.7 Å². The van der Waals surface area contributed by atoms with Gasteiger partial charge in [0, 0.05) is 26.5 Å². The van der Waals surface area contributed by atoms with Crippen molar-refractivity contribution in [2.24, 2.45) is 7.05 Å². The van der Waals surface area contributed by atoms with Crippen LogP contribution in [0.5, 0.6) is 0 Å². The predicted octanol–water partition coefficient (Wildman–Crippen LogP) is 3.44. The Hall–Kier alpha value is -3.19. The molecule has 0 radical (unpaired) electrons. The number of carbonyl (C=O) groups excluding carboxylic acids is 1. The molecule has 0 aromatic carbocycles. The molecule has 0 spiro atoms. The molecule has 0 saturated carbocycles. The maximum absolute atomic E-state index is 13.1. The number of aromatic nitrogens is 6. The first-order valence-electron chi connectivity index (χ1n) is 9.40. The van der Waals surface area contributed by atoms with E-state index in [-0.39, 0.29) is 16.9 Å². The monoisotopic (exact) mass is 465 g/mol. The second-order valence-corrected chi connectivity index (χ2v) is 7.98. The van der Waals surface area contributed by atoms with Gasteiger partial charge in [-0.3, -0.25) is 9.63 Å². The highest BCUT2D eigenvalue weighted by atomic mass is 32.2. The average Bonchev–Trinajstić information content (AvgIpc) is 3.28. The van der Waals surface area contributed by atoms with Crippen molar-refractivity contribution >= 4 is 34.5 Å². The lowest BCUT2D eigenvalue weighted by Crippen LogP contribution is -2.27. The molecule has 9 nitrogen and oxygen atoms in total. The number of aryl methyl sites for hydroxylation is 1. The summed E-state index contributed by atoms with van der Waals surface area (Å²) >= 11 is 1.40. The highest BCUT2D eigenvalue weighted by Crippen LogP contribution is 2.36. The molecular weight excluding hydrogens is 447 g/mol. The summed E-state index contributed by atoms with van der Waals surface area (Å²) in [5.41, 5.74) is 0.541. The van der Waals surface area contributed by atoms with Crippen LogP contribution in [0.25, 0.3) is 28.2 Å². The van der Waals surface area contributed by atoms with Crippen molar-refractivity contribution in [2.45, 2.75) is 18.1 Å². The summed E-state index contributed by atoms with van der Waals surface area (Å²) in [5, 5.41) is 6.14. The fourth-order valence-corrected chi connectivity index (χ4v) is 3.96. The Balaban J connectivity index is 1.98. The highest BCUT2D eigenvalue weighted by Gasteiger charge is 2.32. The van der Waals surface area contributed by atoms with Gasteiger partial charge in [0.2, 0.25) is 0 Å². The Morgan fingerprint density at radius 3 is 2.69 bits per heavy atom. The van der Waals surface area contributed by atoms with Crippen LogP contribution in [0, 0.1) is 0 Å². The summed E-state index contributed by atoms with van der Waals surface area (Å²) in [5.74, 6) is 0.567. The SMILES string of the molecule is CCSc1nn2c(C(=O)N(C)OC)ccnc2c1-c1nc2cc(C(F)(F)F)cnc2n1C. The molecule has 0 bridgehead atoms. The Kier molecular flexibility index (Phi) is 5.54. The minimum absolute atomic E-state index is 0.0930. The van der Waals surface area contributed by atoms with E-state index in [2.05, 4.69) is 20.1 Å². The summed E-state index contributed by atoms with van der Waals surface area (Å²) in [6.45, 7) is 1.93. The van der Waals surface area contributed by atoms with Gasteiger partial charge in [0.25, 0.3) is 5.91 Å². The van der Waals surface area contributed by atoms with E-state index in [0.717, 1.165) is 17.3 Å². The van der Waals surface area contributed by atoms with Gasteiger partial charge in [-0.15, -0.1) is 11.8 Å². The Morgan fingerprint density at radius 1 is 1.28 bits per heavy atom. The van der Waals surface area contributed by atoms with Crippen molar-refractivity contribution < 1.29 is 22.8 Å². The molecule has 13 heteroatoms. The second kappa shape index (κ2) is 8.06. The number of hydrogen-bond acceptors (Lipinski definition) is 7. The van der Waals surface area contributed by atoms with Crippen molar-refractivity contribution in [1.82, 2.24) is 34.2 Å². The van der Waals surface area contributed by atoms with Crippen molar-refractivity contribution in [3.8, 4) is 11.4 Å². The van der Waals surface area contributed by atoms with Gasteiger partial charge in [-0.05, 0) is 17.9 Å². The van der Waals surface area contributed by atoms with Gasteiger partial charge in [0.1, 0.15) is 22.1 Å². The fourth-order valence-electron chi connectivity index (χ4n) is 3.22. The molecule has 0 atom stereocenters.